The summed E-state index contributed by atoms with van der Waals surface area (Å²) in [6, 6.07) is 0. The van der Waals surface area contributed by atoms with Crippen LogP contribution in [0.15, 0.2) is 22.8 Å². The molecule has 0 spiro atoms. The average Bonchev–Trinajstić information content (AvgIpc) is 2.78. The van der Waals surface area contributed by atoms with Crippen LogP contribution in [-0.2, 0) is 4.79 Å². The lowest BCUT2D eigenvalue weighted by Gasteiger charge is -2.29. The third kappa shape index (κ3) is 4.17. The Labute approximate surface area is 136 Å². The van der Waals surface area contributed by atoms with Gasteiger partial charge in [-0.3, -0.25) is 9.69 Å². The number of carbonyl (C=O) groups excluding carboxylic acids is 1. The SMILES string of the molecule is CC(C)C(=O)C(CN1CCC(F)(F)C1)C1=CC=C(Cl)C(C)C1. The fraction of sp³-hybridized carbons (Fsp3) is 0.706. The molecule has 0 radical (unpaired) electrons. The molecule has 0 aromatic carbocycles. The number of alkyl halides is 2. The van der Waals surface area contributed by atoms with Gasteiger partial charge in [-0.05, 0) is 18.4 Å². The van der Waals surface area contributed by atoms with Crippen LogP contribution in [-0.4, -0.2) is 36.2 Å². The largest absolute Gasteiger partial charge is 0.299 e. The number of allylic oxidation sites excluding steroid dienone is 3. The van der Waals surface area contributed by atoms with Crippen molar-refractivity contribution in [1.82, 2.24) is 4.90 Å². The summed E-state index contributed by atoms with van der Waals surface area (Å²) in [7, 11) is 0. The zero-order valence-corrected chi connectivity index (χ0v) is 14.2. The summed E-state index contributed by atoms with van der Waals surface area (Å²) in [6.07, 6.45) is 4.35. The van der Waals surface area contributed by atoms with Gasteiger partial charge in [-0.15, -0.1) is 0 Å². The molecule has 1 saturated heterocycles. The highest BCUT2D eigenvalue weighted by atomic mass is 35.5. The summed E-state index contributed by atoms with van der Waals surface area (Å²) in [6.45, 7) is 6.25. The predicted octanol–water partition coefficient (Wildman–Crippen LogP) is 4.26. The first-order valence-corrected chi connectivity index (χ1v) is 8.27. The molecule has 124 valence electrons. The first-order valence-electron chi connectivity index (χ1n) is 7.89. The van der Waals surface area contributed by atoms with Gasteiger partial charge in [0.05, 0.1) is 12.5 Å². The summed E-state index contributed by atoms with van der Waals surface area (Å²) in [5.41, 5.74) is 1.02. The van der Waals surface area contributed by atoms with E-state index in [1.165, 1.54) is 0 Å². The van der Waals surface area contributed by atoms with Crippen molar-refractivity contribution in [3.63, 3.8) is 0 Å². The van der Waals surface area contributed by atoms with E-state index < -0.39 is 5.92 Å². The van der Waals surface area contributed by atoms with Crippen LogP contribution in [0.1, 0.15) is 33.6 Å². The van der Waals surface area contributed by atoms with Crippen molar-refractivity contribution in [1.29, 1.82) is 0 Å². The van der Waals surface area contributed by atoms with Gasteiger partial charge < -0.3 is 0 Å². The molecule has 2 rings (SSSR count). The Bertz CT molecular complexity index is 499. The van der Waals surface area contributed by atoms with Gasteiger partial charge in [0.25, 0.3) is 5.92 Å². The van der Waals surface area contributed by atoms with E-state index in [2.05, 4.69) is 0 Å². The monoisotopic (exact) mass is 331 g/mol. The molecule has 0 amide bonds. The van der Waals surface area contributed by atoms with E-state index in [1.807, 2.05) is 32.9 Å². The molecule has 0 aromatic rings. The van der Waals surface area contributed by atoms with Crippen molar-refractivity contribution in [2.45, 2.75) is 39.5 Å². The maximum atomic E-state index is 13.4. The Hall–Kier alpha value is -0.740. The fourth-order valence-electron chi connectivity index (χ4n) is 3.14. The minimum absolute atomic E-state index is 0.106. The Kier molecular flexibility index (Phi) is 5.44. The molecule has 1 fully saturated rings. The molecule has 1 heterocycles. The Morgan fingerprint density at radius 1 is 1.45 bits per heavy atom. The molecule has 1 aliphatic heterocycles. The van der Waals surface area contributed by atoms with Crippen LogP contribution in [0.2, 0.25) is 0 Å². The highest BCUT2D eigenvalue weighted by molar-refractivity contribution is 6.30. The first kappa shape index (κ1) is 17.6. The van der Waals surface area contributed by atoms with Gasteiger partial charge in [-0.2, -0.15) is 0 Å². The Morgan fingerprint density at radius 2 is 2.14 bits per heavy atom. The standard InChI is InChI=1S/C17H24ClF2NO/c1-11(2)16(22)14(9-21-7-6-17(19,20)10-21)13-4-5-15(18)12(3)8-13/h4-5,11-12,14H,6-10H2,1-3H3. The summed E-state index contributed by atoms with van der Waals surface area (Å²) >= 11 is 6.11. The zero-order chi connectivity index (χ0) is 16.5. The lowest BCUT2D eigenvalue weighted by Crippen LogP contribution is -2.36. The van der Waals surface area contributed by atoms with Crippen LogP contribution in [0.25, 0.3) is 0 Å². The first-order chi connectivity index (χ1) is 10.2. The molecule has 22 heavy (non-hydrogen) atoms. The van der Waals surface area contributed by atoms with Crippen molar-refractivity contribution in [3.8, 4) is 0 Å². The van der Waals surface area contributed by atoms with Crippen molar-refractivity contribution < 1.29 is 13.6 Å². The second kappa shape index (κ2) is 6.79. The van der Waals surface area contributed by atoms with Gasteiger partial charge in [-0.25, -0.2) is 8.78 Å². The van der Waals surface area contributed by atoms with E-state index in [-0.39, 0.29) is 36.5 Å². The van der Waals surface area contributed by atoms with Crippen molar-refractivity contribution in [2.24, 2.45) is 17.8 Å². The number of nitrogens with zero attached hydrogens (tertiary/aromatic N) is 1. The molecule has 2 atom stereocenters. The molecule has 2 aliphatic rings. The fourth-order valence-corrected chi connectivity index (χ4v) is 3.28. The van der Waals surface area contributed by atoms with Crippen LogP contribution in [0.5, 0.6) is 0 Å². The quantitative estimate of drug-likeness (QED) is 0.750. The average molecular weight is 332 g/mol. The van der Waals surface area contributed by atoms with Gasteiger partial charge >= 0.3 is 0 Å². The molecule has 5 heteroatoms. The normalized spacial score (nSPS) is 26.8. The van der Waals surface area contributed by atoms with Gasteiger partial charge in [0, 0.05) is 30.5 Å². The molecule has 2 unspecified atom stereocenters. The van der Waals surface area contributed by atoms with Crippen LogP contribution in [0, 0.1) is 17.8 Å². The maximum absolute atomic E-state index is 13.4. The minimum Gasteiger partial charge on any atom is -0.299 e. The molecule has 2 nitrogen and oxygen atoms in total. The lowest BCUT2D eigenvalue weighted by atomic mass is 9.81. The number of likely N-dealkylation sites (tertiary alicyclic amines) is 1. The van der Waals surface area contributed by atoms with E-state index in [1.54, 1.807) is 4.90 Å². The second-order valence-electron chi connectivity index (χ2n) is 6.85. The predicted molar refractivity (Wildman–Crippen MR) is 85.1 cm³/mol. The highest BCUT2D eigenvalue weighted by Gasteiger charge is 2.40. The topological polar surface area (TPSA) is 20.3 Å². The number of halogens is 3. The molecule has 0 aromatic heterocycles. The summed E-state index contributed by atoms with van der Waals surface area (Å²) in [5, 5.41) is 0.784. The number of hydrogen-bond donors (Lipinski definition) is 0. The second-order valence-corrected chi connectivity index (χ2v) is 7.29. The van der Waals surface area contributed by atoms with E-state index in [9.17, 15) is 13.6 Å². The molecule has 0 N–H and O–H groups in total. The number of carbonyl (C=O) groups is 1. The Morgan fingerprint density at radius 3 is 2.64 bits per heavy atom. The van der Waals surface area contributed by atoms with Crippen molar-refractivity contribution in [3.05, 3.63) is 22.8 Å². The molecule has 0 bridgehead atoms. The smallest absolute Gasteiger partial charge is 0.261 e. The highest BCUT2D eigenvalue weighted by Crippen LogP contribution is 2.34. The van der Waals surface area contributed by atoms with E-state index in [0.717, 1.165) is 17.0 Å². The van der Waals surface area contributed by atoms with Crippen LogP contribution in [0.3, 0.4) is 0 Å². The van der Waals surface area contributed by atoms with Gasteiger partial charge in [0.1, 0.15) is 5.78 Å². The molecular weight excluding hydrogens is 308 g/mol. The van der Waals surface area contributed by atoms with E-state index in [4.69, 9.17) is 11.6 Å². The molecule has 1 aliphatic carbocycles. The summed E-state index contributed by atoms with van der Waals surface area (Å²) in [4.78, 5) is 14.3. The van der Waals surface area contributed by atoms with Gasteiger partial charge in [0.2, 0.25) is 0 Å². The van der Waals surface area contributed by atoms with Crippen LogP contribution < -0.4 is 0 Å². The number of ketones is 1. The molecule has 0 saturated carbocycles. The maximum Gasteiger partial charge on any atom is 0.261 e. The van der Waals surface area contributed by atoms with E-state index in [0.29, 0.717) is 13.1 Å². The number of Topliss-reactive ketones (excluding diaryl/α,β-unsaturated/α-hetero) is 1. The molecular formula is C17H24ClF2NO. The summed E-state index contributed by atoms with van der Waals surface area (Å²) in [5.74, 6) is -2.73. The lowest BCUT2D eigenvalue weighted by molar-refractivity contribution is -0.125. The number of rotatable bonds is 5. The third-order valence-electron chi connectivity index (χ3n) is 4.52. The number of hydrogen-bond acceptors (Lipinski definition) is 2. The van der Waals surface area contributed by atoms with E-state index >= 15 is 0 Å². The van der Waals surface area contributed by atoms with Crippen LogP contribution >= 0.6 is 11.6 Å². The minimum atomic E-state index is -2.62. The van der Waals surface area contributed by atoms with Gasteiger partial charge in [0.15, 0.2) is 0 Å². The van der Waals surface area contributed by atoms with Gasteiger partial charge in [-0.1, -0.05) is 44.0 Å². The van der Waals surface area contributed by atoms with Crippen molar-refractivity contribution in [2.75, 3.05) is 19.6 Å². The van der Waals surface area contributed by atoms with Crippen molar-refractivity contribution >= 4 is 17.4 Å². The van der Waals surface area contributed by atoms with Crippen LogP contribution in [0.4, 0.5) is 8.78 Å². The zero-order valence-electron chi connectivity index (χ0n) is 13.4. The summed E-state index contributed by atoms with van der Waals surface area (Å²) < 4.78 is 26.8. The third-order valence-corrected chi connectivity index (χ3v) is 5.02. The Balaban J connectivity index is 2.16.